The summed E-state index contributed by atoms with van der Waals surface area (Å²) in [4.78, 5) is 22.9. The molecule has 7 nitrogen and oxygen atoms in total. The summed E-state index contributed by atoms with van der Waals surface area (Å²) in [6.45, 7) is 2.99. The summed E-state index contributed by atoms with van der Waals surface area (Å²) >= 11 is 5.83. The van der Waals surface area contributed by atoms with Crippen molar-refractivity contribution in [3.63, 3.8) is 0 Å². The molecule has 0 aliphatic rings. The first-order valence-electron chi connectivity index (χ1n) is 8.31. The molecule has 0 amide bonds. The Labute approximate surface area is 175 Å². The molecule has 160 valence electrons. The number of carbonyl (C=O) groups is 1. The van der Waals surface area contributed by atoms with E-state index in [0.717, 1.165) is 30.3 Å². The largest absolute Gasteiger partial charge is 0.456 e. The summed E-state index contributed by atoms with van der Waals surface area (Å²) in [6, 6.07) is 5.51. The van der Waals surface area contributed by atoms with E-state index in [4.69, 9.17) is 21.1 Å². The SMILES string of the molecule is CCC(C)(OC(=O)c1cc(Oc2ccc(C(F)(F)F)cc2Cl)ccc1[N+](=O)[O-])P=O. The number of ether oxygens (including phenoxy) is 2. The number of hydrogen-bond acceptors (Lipinski definition) is 6. The van der Waals surface area contributed by atoms with Gasteiger partial charge < -0.3 is 9.47 Å². The third kappa shape index (κ3) is 5.46. The van der Waals surface area contributed by atoms with Gasteiger partial charge in [-0.3, -0.25) is 14.7 Å². The molecule has 0 aliphatic carbocycles. The van der Waals surface area contributed by atoms with Gasteiger partial charge in [0.05, 0.1) is 15.5 Å². The first-order valence-corrected chi connectivity index (χ1v) is 9.50. The Hall–Kier alpha value is -2.71. The van der Waals surface area contributed by atoms with Gasteiger partial charge in [-0.05, 0) is 37.6 Å². The number of carbonyl (C=O) groups excluding carboxylic acids is 1. The van der Waals surface area contributed by atoms with Gasteiger partial charge in [-0.1, -0.05) is 18.5 Å². The molecule has 0 fully saturated rings. The summed E-state index contributed by atoms with van der Waals surface area (Å²) in [5.74, 6) is -1.38. The van der Waals surface area contributed by atoms with E-state index in [1.165, 1.54) is 6.92 Å². The normalized spacial score (nSPS) is 13.5. The molecule has 2 aromatic carbocycles. The molecule has 1 unspecified atom stereocenters. The highest BCUT2D eigenvalue weighted by Crippen LogP contribution is 2.38. The monoisotopic (exact) mass is 463 g/mol. The fraction of sp³-hybridized carbons (Fsp3) is 0.278. The molecule has 0 aliphatic heterocycles. The van der Waals surface area contributed by atoms with Crippen molar-refractivity contribution in [3.05, 3.63) is 62.7 Å². The quantitative estimate of drug-likeness (QED) is 0.198. The third-order valence-corrected chi connectivity index (χ3v) is 5.12. The number of nitro groups is 1. The minimum atomic E-state index is -4.60. The van der Waals surface area contributed by atoms with Gasteiger partial charge in [-0.15, -0.1) is 0 Å². The molecule has 0 radical (unpaired) electrons. The molecule has 12 heteroatoms. The molecule has 0 saturated heterocycles. The predicted molar refractivity (Wildman–Crippen MR) is 101 cm³/mol. The predicted octanol–water partition coefficient (Wildman–Crippen LogP) is 6.63. The van der Waals surface area contributed by atoms with Gasteiger partial charge >= 0.3 is 12.1 Å². The highest BCUT2D eigenvalue weighted by Gasteiger charge is 2.33. The lowest BCUT2D eigenvalue weighted by Gasteiger charge is -2.20. The molecular weight excluding hydrogens is 450 g/mol. The molecule has 0 spiro atoms. The van der Waals surface area contributed by atoms with Gasteiger partial charge in [-0.2, -0.15) is 13.2 Å². The van der Waals surface area contributed by atoms with Crippen LogP contribution in [-0.2, 0) is 15.5 Å². The van der Waals surface area contributed by atoms with Crippen LogP contribution >= 0.6 is 20.1 Å². The highest BCUT2D eigenvalue weighted by molar-refractivity contribution is 7.25. The van der Waals surface area contributed by atoms with Gasteiger partial charge in [0.2, 0.25) is 8.46 Å². The van der Waals surface area contributed by atoms with Crippen molar-refractivity contribution in [1.29, 1.82) is 0 Å². The summed E-state index contributed by atoms with van der Waals surface area (Å²) in [5.41, 5.74) is -2.06. The average molecular weight is 464 g/mol. The lowest BCUT2D eigenvalue weighted by Crippen LogP contribution is -2.25. The standard InChI is InChI=1S/C18H14ClF3NO6P/c1-3-17(2,30-27)29-16(24)12-9-11(5-6-14(12)23(25)26)28-15-7-4-10(8-13(15)19)18(20,21)22/h4-9H,3H2,1-2H3. The number of rotatable bonds is 7. The van der Waals surface area contributed by atoms with Crippen LogP contribution in [0.5, 0.6) is 11.5 Å². The Bertz CT molecular complexity index is 1000. The zero-order valence-corrected chi connectivity index (χ0v) is 17.2. The van der Waals surface area contributed by atoms with E-state index < -0.39 is 47.7 Å². The Morgan fingerprint density at radius 1 is 1.23 bits per heavy atom. The molecule has 0 saturated carbocycles. The van der Waals surface area contributed by atoms with Gasteiger partial charge in [0, 0.05) is 12.1 Å². The number of nitrogens with zero attached hydrogens (tertiary/aromatic N) is 1. The molecule has 1 atom stereocenters. The molecule has 0 aromatic heterocycles. The maximum absolute atomic E-state index is 12.7. The Morgan fingerprint density at radius 3 is 2.40 bits per heavy atom. The van der Waals surface area contributed by atoms with Gasteiger partial charge in [0.1, 0.15) is 17.1 Å². The second kappa shape index (κ2) is 8.97. The number of hydrogen-bond donors (Lipinski definition) is 0. The Balaban J connectivity index is 2.40. The van der Waals surface area contributed by atoms with Crippen LogP contribution in [0.3, 0.4) is 0 Å². The molecule has 0 bridgehead atoms. The molecule has 0 heterocycles. The van der Waals surface area contributed by atoms with Crippen LogP contribution in [0.2, 0.25) is 5.02 Å². The lowest BCUT2D eigenvalue weighted by molar-refractivity contribution is -0.385. The lowest BCUT2D eigenvalue weighted by atomic mass is 10.1. The van der Waals surface area contributed by atoms with Crippen LogP contribution in [0, 0.1) is 10.1 Å². The summed E-state index contributed by atoms with van der Waals surface area (Å²) in [6.07, 6.45) is -4.42. The number of nitro benzene ring substituents is 1. The average Bonchev–Trinajstić information content (AvgIpc) is 2.68. The molecule has 0 N–H and O–H groups in total. The second-order valence-corrected chi connectivity index (χ2v) is 7.73. The third-order valence-electron chi connectivity index (χ3n) is 4.03. The van der Waals surface area contributed by atoms with Crippen LogP contribution in [0.1, 0.15) is 36.2 Å². The van der Waals surface area contributed by atoms with Crippen LogP contribution in [0.15, 0.2) is 36.4 Å². The smallest absolute Gasteiger partial charge is 0.416 e. The highest BCUT2D eigenvalue weighted by atomic mass is 35.5. The van der Waals surface area contributed by atoms with E-state index >= 15 is 0 Å². The van der Waals surface area contributed by atoms with E-state index in [0.29, 0.717) is 6.07 Å². The van der Waals surface area contributed by atoms with Crippen molar-refractivity contribution >= 4 is 31.7 Å². The summed E-state index contributed by atoms with van der Waals surface area (Å²) in [5, 5.41) is 9.51. The zero-order chi connectivity index (χ0) is 22.7. The molecular formula is C18H14ClF3NO6P. The number of halogens is 4. The van der Waals surface area contributed by atoms with Crippen molar-refractivity contribution in [2.24, 2.45) is 0 Å². The van der Waals surface area contributed by atoms with Gasteiger partial charge in [-0.25, -0.2) is 4.79 Å². The van der Waals surface area contributed by atoms with E-state index in [1.807, 2.05) is 0 Å². The van der Waals surface area contributed by atoms with Crippen LogP contribution in [0.4, 0.5) is 18.9 Å². The maximum Gasteiger partial charge on any atom is 0.416 e. The van der Waals surface area contributed by atoms with Crippen molar-refractivity contribution in [2.45, 2.75) is 31.8 Å². The van der Waals surface area contributed by atoms with Gasteiger partial charge in [0.25, 0.3) is 5.69 Å². The van der Waals surface area contributed by atoms with Crippen molar-refractivity contribution in [1.82, 2.24) is 0 Å². The fourth-order valence-electron chi connectivity index (χ4n) is 2.20. The van der Waals surface area contributed by atoms with E-state index in [-0.39, 0.29) is 22.9 Å². The van der Waals surface area contributed by atoms with Crippen LogP contribution < -0.4 is 4.74 Å². The Morgan fingerprint density at radius 2 is 1.90 bits per heavy atom. The van der Waals surface area contributed by atoms with Crippen LogP contribution in [0.25, 0.3) is 0 Å². The van der Waals surface area contributed by atoms with E-state index in [9.17, 15) is 32.6 Å². The van der Waals surface area contributed by atoms with E-state index in [1.54, 1.807) is 6.92 Å². The zero-order valence-electron chi connectivity index (χ0n) is 15.5. The van der Waals surface area contributed by atoms with Crippen LogP contribution in [-0.4, -0.2) is 16.2 Å². The first-order chi connectivity index (χ1) is 13.9. The first kappa shape index (κ1) is 23.6. The summed E-state index contributed by atoms with van der Waals surface area (Å²) in [7, 11) is -0.494. The molecule has 2 aromatic rings. The topological polar surface area (TPSA) is 95.7 Å². The van der Waals surface area contributed by atoms with E-state index in [2.05, 4.69) is 0 Å². The molecule has 30 heavy (non-hydrogen) atoms. The number of esters is 1. The number of benzene rings is 2. The fourth-order valence-corrected chi connectivity index (χ4v) is 2.67. The minimum absolute atomic E-state index is 0.105. The second-order valence-electron chi connectivity index (χ2n) is 6.19. The summed E-state index contributed by atoms with van der Waals surface area (Å²) < 4.78 is 60.0. The minimum Gasteiger partial charge on any atom is -0.456 e. The van der Waals surface area contributed by atoms with Crippen molar-refractivity contribution < 1.29 is 36.9 Å². The van der Waals surface area contributed by atoms with Crippen molar-refractivity contribution in [2.75, 3.05) is 0 Å². The van der Waals surface area contributed by atoms with Crippen molar-refractivity contribution in [3.8, 4) is 11.5 Å². The molecule has 2 rings (SSSR count). The Kier molecular flexibility index (Phi) is 7.05. The maximum atomic E-state index is 12.7. The number of alkyl halides is 3. The van der Waals surface area contributed by atoms with Gasteiger partial charge in [0.15, 0.2) is 5.34 Å².